The average molecular weight is 616 g/mol. The third-order valence-electron chi connectivity index (χ3n) is 12.0. The van der Waals surface area contributed by atoms with Crippen LogP contribution in [0.15, 0.2) is 12.1 Å². The molecular formula is C36H43F2N5O2. The van der Waals surface area contributed by atoms with Crippen LogP contribution in [0.1, 0.15) is 86.5 Å². The van der Waals surface area contributed by atoms with Crippen molar-refractivity contribution in [2.75, 3.05) is 37.7 Å². The molecule has 1 aromatic heterocycles. The summed E-state index contributed by atoms with van der Waals surface area (Å²) in [7, 11) is 0. The van der Waals surface area contributed by atoms with Crippen molar-refractivity contribution < 1.29 is 18.6 Å². The Kier molecular flexibility index (Phi) is 6.57. The van der Waals surface area contributed by atoms with E-state index in [9.17, 15) is 9.50 Å². The Labute approximate surface area is 263 Å². The number of piperazine rings is 1. The normalized spacial score (nSPS) is 30.6. The van der Waals surface area contributed by atoms with E-state index in [1.54, 1.807) is 6.07 Å². The smallest absolute Gasteiger partial charge is 0.319 e. The summed E-state index contributed by atoms with van der Waals surface area (Å²) in [6, 6.07) is 4.61. The molecule has 2 bridgehead atoms. The summed E-state index contributed by atoms with van der Waals surface area (Å²) in [5.41, 5.74) is 5.87. The van der Waals surface area contributed by atoms with Gasteiger partial charge in [-0.05, 0) is 117 Å². The molecule has 2 N–H and O–H groups in total. The molecule has 7 nitrogen and oxygen atoms in total. The molecule has 6 aliphatic rings. The van der Waals surface area contributed by atoms with E-state index < -0.39 is 6.17 Å². The number of aromatic hydroxyl groups is 1. The van der Waals surface area contributed by atoms with Crippen molar-refractivity contribution in [2.24, 2.45) is 0 Å². The van der Waals surface area contributed by atoms with Crippen LogP contribution in [0.4, 0.5) is 14.6 Å². The highest BCUT2D eigenvalue weighted by Crippen LogP contribution is 2.49. The Balaban J connectivity index is 1.23. The fourth-order valence-corrected chi connectivity index (χ4v) is 10.0. The van der Waals surface area contributed by atoms with Crippen molar-refractivity contribution >= 4 is 16.7 Å². The number of aromatic nitrogens is 2. The van der Waals surface area contributed by atoms with E-state index in [2.05, 4.69) is 22.0 Å². The first-order valence-electron chi connectivity index (χ1n) is 17.3. The summed E-state index contributed by atoms with van der Waals surface area (Å²) in [5, 5.41) is 15.4. The molecule has 9 rings (SSSR count). The summed E-state index contributed by atoms with van der Waals surface area (Å²) in [5.74, 6) is 0.912. The van der Waals surface area contributed by atoms with Crippen LogP contribution >= 0.6 is 0 Å². The molecule has 45 heavy (non-hydrogen) atoms. The second-order valence-corrected chi connectivity index (χ2v) is 14.8. The second kappa shape index (κ2) is 10.5. The van der Waals surface area contributed by atoms with Crippen LogP contribution in [0.2, 0.25) is 0 Å². The summed E-state index contributed by atoms with van der Waals surface area (Å²) in [4.78, 5) is 14.5. The maximum atomic E-state index is 17.4. The first-order valence-corrected chi connectivity index (χ1v) is 17.3. The van der Waals surface area contributed by atoms with E-state index in [1.165, 1.54) is 5.56 Å². The number of ether oxygens (including phenoxy) is 1. The van der Waals surface area contributed by atoms with Gasteiger partial charge in [0, 0.05) is 49.1 Å². The Morgan fingerprint density at radius 1 is 1.02 bits per heavy atom. The molecule has 0 radical (unpaired) electrons. The molecule has 4 aliphatic heterocycles. The summed E-state index contributed by atoms with van der Waals surface area (Å²) < 4.78 is 38.4. The van der Waals surface area contributed by atoms with Gasteiger partial charge in [-0.2, -0.15) is 9.97 Å². The number of aryl methyl sites for hydroxylation is 2. The van der Waals surface area contributed by atoms with Gasteiger partial charge in [0.1, 0.15) is 29.9 Å². The molecule has 5 atom stereocenters. The lowest BCUT2D eigenvalue weighted by Gasteiger charge is -2.35. The van der Waals surface area contributed by atoms with Crippen molar-refractivity contribution in [3.05, 3.63) is 40.2 Å². The Bertz CT molecular complexity index is 1690. The largest absolute Gasteiger partial charge is 0.508 e. The minimum absolute atomic E-state index is 0.181. The zero-order valence-electron chi connectivity index (χ0n) is 26.2. The molecule has 9 heteroatoms. The maximum Gasteiger partial charge on any atom is 0.319 e. The molecule has 2 aliphatic carbocycles. The molecule has 3 aromatic rings. The first kappa shape index (κ1) is 28.2. The fraction of sp³-hybridized carbons (Fsp3) is 0.611. The van der Waals surface area contributed by atoms with E-state index in [0.29, 0.717) is 42.7 Å². The fourth-order valence-electron chi connectivity index (χ4n) is 10.0. The molecule has 1 unspecified atom stereocenters. The molecule has 238 valence electrons. The number of anilines is 1. The summed E-state index contributed by atoms with van der Waals surface area (Å²) >= 11 is 0. The predicted molar refractivity (Wildman–Crippen MR) is 171 cm³/mol. The topological polar surface area (TPSA) is 73.8 Å². The van der Waals surface area contributed by atoms with Crippen LogP contribution in [0.25, 0.3) is 22.0 Å². The van der Waals surface area contributed by atoms with Crippen LogP contribution in [0.5, 0.6) is 11.8 Å². The number of rotatable bonds is 5. The van der Waals surface area contributed by atoms with E-state index >= 15 is 4.39 Å². The monoisotopic (exact) mass is 615 g/mol. The van der Waals surface area contributed by atoms with Gasteiger partial charge in [-0.1, -0.05) is 6.92 Å². The van der Waals surface area contributed by atoms with Crippen molar-refractivity contribution in [3.8, 4) is 22.9 Å². The molecule has 5 heterocycles. The number of phenolic OH excluding ortho intramolecular Hbond substituents is 1. The van der Waals surface area contributed by atoms with E-state index in [-0.39, 0.29) is 29.0 Å². The lowest BCUT2D eigenvalue weighted by molar-refractivity contribution is 0.107. The van der Waals surface area contributed by atoms with Crippen LogP contribution in [-0.4, -0.2) is 76.6 Å². The highest BCUT2D eigenvalue weighted by Gasteiger charge is 2.49. The molecule has 0 spiro atoms. The number of hydrogen-bond acceptors (Lipinski definition) is 7. The van der Waals surface area contributed by atoms with Gasteiger partial charge >= 0.3 is 6.01 Å². The van der Waals surface area contributed by atoms with Gasteiger partial charge in [0.25, 0.3) is 0 Å². The first-order chi connectivity index (χ1) is 21.9. The van der Waals surface area contributed by atoms with Crippen LogP contribution in [-0.2, 0) is 19.3 Å². The van der Waals surface area contributed by atoms with Gasteiger partial charge in [0.05, 0.1) is 5.54 Å². The molecule has 2 aromatic carbocycles. The molecule has 4 fully saturated rings. The van der Waals surface area contributed by atoms with E-state index in [4.69, 9.17) is 14.7 Å². The van der Waals surface area contributed by atoms with Crippen LogP contribution in [0, 0.1) is 5.82 Å². The van der Waals surface area contributed by atoms with Crippen molar-refractivity contribution in [1.29, 1.82) is 0 Å². The maximum absolute atomic E-state index is 17.4. The SMILES string of the molecule is CC1CCCc2cc(O)cc(-c3c4c(c5c(N6C[C@H]7CC[C@@H](C6)N7)nc(OC[C@@]67CCCN6C[C@H](F)C7)nc5c3F)CCC4)c21. The molecule has 0 saturated carbocycles. The number of fused-ring (bicyclic) bond motifs is 7. The third-order valence-corrected chi connectivity index (χ3v) is 12.0. The highest BCUT2D eigenvalue weighted by molar-refractivity contribution is 5.99. The minimum Gasteiger partial charge on any atom is -0.508 e. The lowest BCUT2D eigenvalue weighted by atomic mass is 9.78. The highest BCUT2D eigenvalue weighted by atomic mass is 19.1. The molecular weight excluding hydrogens is 572 g/mol. The number of halogens is 2. The van der Waals surface area contributed by atoms with Gasteiger partial charge < -0.3 is 20.1 Å². The van der Waals surface area contributed by atoms with Crippen molar-refractivity contribution in [1.82, 2.24) is 20.2 Å². The number of nitrogens with zero attached hydrogens (tertiary/aromatic N) is 4. The van der Waals surface area contributed by atoms with Gasteiger partial charge in [-0.15, -0.1) is 0 Å². The Hall–Kier alpha value is -3.04. The Morgan fingerprint density at radius 2 is 1.84 bits per heavy atom. The van der Waals surface area contributed by atoms with Gasteiger partial charge in [0.2, 0.25) is 0 Å². The zero-order valence-corrected chi connectivity index (χ0v) is 26.2. The molecule has 0 amide bonds. The van der Waals surface area contributed by atoms with Crippen LogP contribution in [0.3, 0.4) is 0 Å². The second-order valence-electron chi connectivity index (χ2n) is 14.8. The zero-order chi connectivity index (χ0) is 30.4. The van der Waals surface area contributed by atoms with E-state index in [0.717, 1.165) is 117 Å². The van der Waals surface area contributed by atoms with Crippen molar-refractivity contribution in [3.63, 3.8) is 0 Å². The average Bonchev–Trinajstić information content (AvgIpc) is 3.79. The van der Waals surface area contributed by atoms with Gasteiger partial charge in [-0.3, -0.25) is 4.90 Å². The van der Waals surface area contributed by atoms with E-state index in [1.807, 2.05) is 6.07 Å². The van der Waals surface area contributed by atoms with Crippen LogP contribution < -0.4 is 15.0 Å². The number of alkyl halides is 1. The summed E-state index contributed by atoms with van der Waals surface area (Å²) in [6.45, 7) is 5.50. The molecule has 4 saturated heterocycles. The number of phenols is 1. The van der Waals surface area contributed by atoms with Crippen molar-refractivity contribution in [2.45, 2.75) is 107 Å². The minimum atomic E-state index is -0.850. The lowest BCUT2D eigenvalue weighted by Crippen LogP contribution is -2.51. The third kappa shape index (κ3) is 4.47. The predicted octanol–water partition coefficient (Wildman–Crippen LogP) is 5.97. The quantitative estimate of drug-likeness (QED) is 0.367. The number of benzene rings is 2. The number of hydrogen-bond donors (Lipinski definition) is 2. The van der Waals surface area contributed by atoms with Gasteiger partial charge in [-0.25, -0.2) is 8.78 Å². The summed E-state index contributed by atoms with van der Waals surface area (Å²) in [6.07, 6.45) is 9.40. The number of nitrogens with one attached hydrogen (secondary N) is 1. The standard InChI is InChI=1S/C36H43F2N5O2/c1-20-5-2-6-21-13-25(44)14-28(29(20)21)30-26-7-3-8-27(26)31-33(32(30)38)40-35(41-34(31)42-17-23-9-10-24(18-42)39-23)45-19-36-11-4-12-43(36)16-22(37)15-36/h13-14,20,22-24,39,44H,2-12,15-19H2,1H3/t20?,22-,23-,24+,36+/m1/s1. The van der Waals surface area contributed by atoms with Gasteiger partial charge in [0.15, 0.2) is 5.82 Å². The Morgan fingerprint density at radius 3 is 2.69 bits per heavy atom.